The van der Waals surface area contributed by atoms with Crippen molar-refractivity contribution in [1.29, 1.82) is 0 Å². The Hall–Kier alpha value is -0.912. The highest BCUT2D eigenvalue weighted by Gasteiger charge is 2.61. The Balaban J connectivity index is 3.92. The third-order valence-electron chi connectivity index (χ3n) is 6.42. The highest BCUT2D eigenvalue weighted by molar-refractivity contribution is 7.90. The Labute approximate surface area is 187 Å². The van der Waals surface area contributed by atoms with Crippen LogP contribution in [-0.4, -0.2) is 65.6 Å². The molecule has 0 aromatic carbocycles. The van der Waals surface area contributed by atoms with Gasteiger partial charge in [0.15, 0.2) is 0 Å². The van der Waals surface area contributed by atoms with Crippen LogP contribution in [0.25, 0.3) is 0 Å². The summed E-state index contributed by atoms with van der Waals surface area (Å²) in [5.41, 5.74) is 3.36. The summed E-state index contributed by atoms with van der Waals surface area (Å²) in [6, 6.07) is 0. The monoisotopic (exact) mass is 485 g/mol. The molecule has 0 bridgehead atoms. The lowest BCUT2D eigenvalue weighted by molar-refractivity contribution is -0.136. The van der Waals surface area contributed by atoms with E-state index in [9.17, 15) is 9.59 Å². The Morgan fingerprint density at radius 3 is 1.80 bits per heavy atom. The van der Waals surface area contributed by atoms with Gasteiger partial charge in [0, 0.05) is 40.5 Å². The molecule has 9 heteroatoms. The first kappa shape index (κ1) is 27.1. The van der Waals surface area contributed by atoms with Gasteiger partial charge in [-0.2, -0.15) is 0 Å². The summed E-state index contributed by atoms with van der Waals surface area (Å²) in [5, 5.41) is 0. The van der Waals surface area contributed by atoms with Crippen molar-refractivity contribution in [3.8, 4) is 0 Å². The summed E-state index contributed by atoms with van der Waals surface area (Å²) in [6.45, 7) is 29.0. The lowest BCUT2D eigenvalue weighted by Crippen LogP contribution is -2.82. The molecule has 1 rings (SSSR count). The van der Waals surface area contributed by atoms with E-state index >= 15 is 0 Å². The Kier molecular flexibility index (Phi) is 7.73. The van der Waals surface area contributed by atoms with Crippen molar-refractivity contribution in [1.82, 2.24) is 4.90 Å². The van der Waals surface area contributed by atoms with Crippen LogP contribution in [-0.2, 0) is 14.3 Å². The molecule has 172 valence electrons. The van der Waals surface area contributed by atoms with E-state index in [2.05, 4.69) is 71.2 Å². The second kappa shape index (κ2) is 8.55. The Morgan fingerprint density at radius 1 is 1.07 bits per heavy atom. The molecule has 0 aromatic rings. The number of hydrogen-bond donors (Lipinski definition) is 0. The maximum atomic E-state index is 12.9. The van der Waals surface area contributed by atoms with Gasteiger partial charge in [-0.25, -0.2) is 9.59 Å². The summed E-state index contributed by atoms with van der Waals surface area (Å²) in [5.74, 6) is -0.424. The van der Waals surface area contributed by atoms with Gasteiger partial charge in [0.05, 0.1) is 19.3 Å². The first-order valence-electron chi connectivity index (χ1n) is 10.7. The molecule has 1 heterocycles. The van der Waals surface area contributed by atoms with Crippen molar-refractivity contribution >= 4 is 41.5 Å². The molecule has 0 aromatic heterocycles. The van der Waals surface area contributed by atoms with E-state index in [4.69, 9.17) is 9.47 Å². The molecule has 1 fully saturated rings. The Morgan fingerprint density at radius 2 is 1.50 bits per heavy atom. The average Bonchev–Trinajstić information content (AvgIpc) is 2.79. The summed E-state index contributed by atoms with van der Waals surface area (Å²) >= 11 is 0. The van der Waals surface area contributed by atoms with E-state index in [0.29, 0.717) is 18.6 Å². The van der Waals surface area contributed by atoms with Gasteiger partial charge in [-0.15, -0.1) is 0 Å². The lowest BCUT2D eigenvalue weighted by Gasteiger charge is -2.56. The fourth-order valence-corrected chi connectivity index (χ4v) is 101. The number of amides is 1. The van der Waals surface area contributed by atoms with E-state index in [1.165, 1.54) is 7.11 Å². The van der Waals surface area contributed by atoms with Crippen LogP contribution >= 0.6 is 0 Å². The topological polar surface area (TPSA) is 55.8 Å². The van der Waals surface area contributed by atoms with E-state index in [0.717, 1.165) is 5.70 Å². The normalized spacial score (nSPS) is 18.3. The number of cyclic esters (lactones) is 1. The minimum atomic E-state index is -1.92. The van der Waals surface area contributed by atoms with Crippen molar-refractivity contribution in [3.63, 3.8) is 0 Å². The first-order valence-corrected chi connectivity index (χ1v) is 26.3. The van der Waals surface area contributed by atoms with Gasteiger partial charge < -0.3 is 9.47 Å². The molecule has 1 aliphatic rings. The number of esters is 1. The number of allylic oxidation sites excluding steroid dienone is 1. The van der Waals surface area contributed by atoms with Crippen LogP contribution in [0.15, 0.2) is 23.5 Å². The molecule has 1 amide bonds. The zero-order valence-electron chi connectivity index (χ0n) is 21.3. The van der Waals surface area contributed by atoms with Gasteiger partial charge in [0.1, 0.15) is 6.61 Å². The van der Waals surface area contributed by atoms with Gasteiger partial charge in [-0.05, 0) is 13.8 Å². The Bertz CT molecular complexity index is 704. The van der Waals surface area contributed by atoms with Crippen LogP contribution in [0.5, 0.6) is 0 Å². The van der Waals surface area contributed by atoms with Crippen LogP contribution < -0.4 is 0 Å². The summed E-state index contributed by atoms with van der Waals surface area (Å²) in [6.07, 6.45) is -0.00658. The van der Waals surface area contributed by atoms with Gasteiger partial charge in [-0.1, -0.05) is 71.2 Å². The molecule has 0 radical (unpaired) electrons. The maximum absolute atomic E-state index is 12.9. The third kappa shape index (κ3) is 4.94. The first-order chi connectivity index (χ1) is 13.2. The minimum Gasteiger partial charge on any atom is -0.466 e. The fraction of sp³-hybridized carbons (Fsp3) is 0.714. The summed E-state index contributed by atoms with van der Waals surface area (Å²) in [7, 11) is -3.47. The van der Waals surface area contributed by atoms with Crippen LogP contribution in [0.4, 0.5) is 4.79 Å². The molecule has 0 saturated carbocycles. The van der Waals surface area contributed by atoms with Crippen molar-refractivity contribution in [3.05, 3.63) is 23.5 Å². The van der Waals surface area contributed by atoms with Crippen LogP contribution in [0.3, 0.4) is 0 Å². The number of ether oxygens (including phenoxy) is 2. The number of carbonyl (C=O) groups is 2. The van der Waals surface area contributed by atoms with Gasteiger partial charge in [-0.3, -0.25) is 4.90 Å². The van der Waals surface area contributed by atoms with Crippen molar-refractivity contribution in [2.45, 2.75) is 84.7 Å². The molecule has 0 unspecified atom stereocenters. The lowest BCUT2D eigenvalue weighted by atomic mass is 10.0. The van der Waals surface area contributed by atoms with Gasteiger partial charge in [0.25, 0.3) is 0 Å². The highest BCUT2D eigenvalue weighted by Crippen LogP contribution is 2.41. The standard InChI is InChI=1S/C21H43NO4Si4/c1-17(19(23)25-4)14-18(22-20(24)26-16-21(22,2)3)15-30(27(5,6)7,28(8,9)10)29(11,12)13/h15H,1,14,16H2,2-13H3/b18-15-. The average molecular weight is 486 g/mol. The van der Waals surface area contributed by atoms with E-state index in [1.807, 2.05) is 13.8 Å². The molecule has 0 aliphatic carbocycles. The quantitative estimate of drug-likeness (QED) is 0.260. The van der Waals surface area contributed by atoms with Crippen LogP contribution in [0.2, 0.25) is 58.9 Å². The van der Waals surface area contributed by atoms with Crippen molar-refractivity contribution in [2.75, 3.05) is 13.7 Å². The largest absolute Gasteiger partial charge is 0.466 e. The number of methoxy groups -OCH3 is 1. The van der Waals surface area contributed by atoms with Gasteiger partial charge >= 0.3 is 12.1 Å². The minimum absolute atomic E-state index is 0.319. The number of rotatable bonds is 8. The van der Waals surface area contributed by atoms with Crippen LogP contribution in [0.1, 0.15) is 20.3 Å². The molecule has 0 spiro atoms. The second-order valence-corrected chi connectivity index (χ2v) is 52.7. The van der Waals surface area contributed by atoms with Gasteiger partial charge in [0.2, 0.25) is 0 Å². The molecule has 0 atom stereocenters. The summed E-state index contributed by atoms with van der Waals surface area (Å²) < 4.78 is 10.4. The smallest absolute Gasteiger partial charge is 0.414 e. The van der Waals surface area contributed by atoms with E-state index < -0.39 is 40.9 Å². The van der Waals surface area contributed by atoms with E-state index in [-0.39, 0.29) is 6.09 Å². The maximum Gasteiger partial charge on any atom is 0.414 e. The molecular weight excluding hydrogens is 443 g/mol. The highest BCUT2D eigenvalue weighted by atomic mass is 29.9. The van der Waals surface area contributed by atoms with Crippen molar-refractivity contribution in [2.24, 2.45) is 0 Å². The predicted molar refractivity (Wildman–Crippen MR) is 137 cm³/mol. The third-order valence-corrected chi connectivity index (χ3v) is 77.4. The molecule has 1 saturated heterocycles. The molecule has 30 heavy (non-hydrogen) atoms. The second-order valence-electron chi connectivity index (χ2n) is 12.2. The number of carbonyl (C=O) groups excluding carboxylic acids is 2. The number of hydrogen-bond acceptors (Lipinski definition) is 4. The molecule has 5 nitrogen and oxygen atoms in total. The fourth-order valence-electron chi connectivity index (χ4n) is 6.02. The zero-order valence-corrected chi connectivity index (χ0v) is 25.3. The molecular formula is C21H43NO4Si4. The van der Waals surface area contributed by atoms with Crippen LogP contribution in [0, 0.1) is 0 Å². The SMILES string of the molecule is C=C(C/C(=C/[Si]([Si](C)(C)C)([Si](C)(C)C)[Si](C)(C)C)N1C(=O)OCC1(C)C)C(=O)OC. The zero-order chi connectivity index (χ0) is 23.9. The molecule has 0 N–H and O–H groups in total. The molecule has 1 aliphatic heterocycles. The van der Waals surface area contributed by atoms with Crippen molar-refractivity contribution < 1.29 is 19.1 Å². The predicted octanol–water partition coefficient (Wildman–Crippen LogP) is 5.46. The van der Waals surface area contributed by atoms with E-state index in [1.54, 1.807) is 4.90 Å². The number of nitrogens with zero attached hydrogens (tertiary/aromatic N) is 1. The summed E-state index contributed by atoms with van der Waals surface area (Å²) in [4.78, 5) is 26.9.